The first kappa shape index (κ1) is 22.0. The summed E-state index contributed by atoms with van der Waals surface area (Å²) >= 11 is 0. The van der Waals surface area contributed by atoms with Gasteiger partial charge in [-0.3, -0.25) is 4.99 Å². The Kier molecular flexibility index (Phi) is 10.5. The molecule has 2 rings (SSSR count). The van der Waals surface area contributed by atoms with E-state index in [4.69, 9.17) is 14.5 Å². The molecule has 24 heavy (non-hydrogen) atoms. The lowest BCUT2D eigenvalue weighted by Crippen LogP contribution is -2.68. The van der Waals surface area contributed by atoms with Crippen LogP contribution in [0.3, 0.4) is 0 Å². The van der Waals surface area contributed by atoms with Gasteiger partial charge in [0.2, 0.25) is 0 Å². The van der Waals surface area contributed by atoms with Crippen molar-refractivity contribution in [1.29, 1.82) is 0 Å². The van der Waals surface area contributed by atoms with Gasteiger partial charge in [0.1, 0.15) is 0 Å². The summed E-state index contributed by atoms with van der Waals surface area (Å²) in [5.41, 5.74) is 0.376. The highest BCUT2D eigenvalue weighted by Crippen LogP contribution is 2.57. The quantitative estimate of drug-likeness (QED) is 0.231. The van der Waals surface area contributed by atoms with E-state index in [0.29, 0.717) is 17.6 Å². The number of hydrogen-bond donors (Lipinski definition) is 2. The molecule has 2 fully saturated rings. The van der Waals surface area contributed by atoms with E-state index in [1.54, 1.807) is 0 Å². The van der Waals surface area contributed by atoms with Crippen LogP contribution in [0.2, 0.25) is 0 Å². The molecule has 142 valence electrons. The van der Waals surface area contributed by atoms with Gasteiger partial charge in [-0.25, -0.2) is 0 Å². The van der Waals surface area contributed by atoms with Crippen molar-refractivity contribution in [2.24, 2.45) is 10.4 Å². The van der Waals surface area contributed by atoms with Crippen LogP contribution >= 0.6 is 24.0 Å². The Labute approximate surface area is 164 Å². The third-order valence-electron chi connectivity index (χ3n) is 5.26. The fourth-order valence-corrected chi connectivity index (χ4v) is 3.78. The van der Waals surface area contributed by atoms with Crippen molar-refractivity contribution in [3.63, 3.8) is 0 Å². The lowest BCUT2D eigenvalue weighted by molar-refractivity contribution is -0.168. The van der Waals surface area contributed by atoms with E-state index in [-0.39, 0.29) is 24.0 Å². The molecule has 0 saturated heterocycles. The zero-order chi connectivity index (χ0) is 16.5. The zero-order valence-corrected chi connectivity index (χ0v) is 17.9. The Morgan fingerprint density at radius 2 is 1.96 bits per heavy atom. The van der Waals surface area contributed by atoms with Gasteiger partial charge in [0.25, 0.3) is 0 Å². The summed E-state index contributed by atoms with van der Waals surface area (Å²) in [5, 5.41) is 7.05. The Hall–Kier alpha value is -0.0800. The number of nitrogens with one attached hydrogen (secondary N) is 2. The molecule has 0 bridgehead atoms. The van der Waals surface area contributed by atoms with E-state index >= 15 is 0 Å². The molecule has 2 aliphatic carbocycles. The second-order valence-electron chi connectivity index (χ2n) is 6.63. The van der Waals surface area contributed by atoms with Gasteiger partial charge in [-0.15, -0.1) is 24.0 Å². The van der Waals surface area contributed by atoms with Crippen LogP contribution in [0.1, 0.15) is 59.3 Å². The predicted molar refractivity (Wildman–Crippen MR) is 110 cm³/mol. The minimum Gasteiger partial charge on any atom is -0.382 e. The summed E-state index contributed by atoms with van der Waals surface area (Å²) in [4.78, 5) is 4.73. The Bertz CT molecular complexity index is 375. The molecule has 0 amide bonds. The Morgan fingerprint density at radius 1 is 1.17 bits per heavy atom. The Balaban J connectivity index is 0.00000288. The van der Waals surface area contributed by atoms with Crippen LogP contribution in [0.15, 0.2) is 4.99 Å². The van der Waals surface area contributed by atoms with Crippen LogP contribution in [-0.2, 0) is 9.47 Å². The molecule has 2 unspecified atom stereocenters. The summed E-state index contributed by atoms with van der Waals surface area (Å²) in [6.07, 6.45) is 7.65. The Morgan fingerprint density at radius 3 is 2.54 bits per heavy atom. The average molecular weight is 453 g/mol. The number of guanidine groups is 1. The molecule has 5 nitrogen and oxygen atoms in total. The monoisotopic (exact) mass is 453 g/mol. The van der Waals surface area contributed by atoms with E-state index < -0.39 is 0 Å². The fourth-order valence-electron chi connectivity index (χ4n) is 3.78. The summed E-state index contributed by atoms with van der Waals surface area (Å²) in [6.45, 7) is 10.5. The van der Waals surface area contributed by atoms with Crippen molar-refractivity contribution < 1.29 is 9.47 Å². The number of rotatable bonds is 10. The van der Waals surface area contributed by atoms with Crippen LogP contribution in [-0.4, -0.2) is 51.0 Å². The zero-order valence-electron chi connectivity index (χ0n) is 15.6. The number of hydrogen-bond acceptors (Lipinski definition) is 3. The topological polar surface area (TPSA) is 54.9 Å². The minimum atomic E-state index is 0. The predicted octanol–water partition coefficient (Wildman–Crippen LogP) is 3.32. The van der Waals surface area contributed by atoms with Gasteiger partial charge in [-0.2, -0.15) is 0 Å². The van der Waals surface area contributed by atoms with Crippen LogP contribution < -0.4 is 10.6 Å². The minimum absolute atomic E-state index is 0. The molecule has 0 heterocycles. The molecule has 0 aliphatic heterocycles. The molecule has 1 spiro atoms. The van der Waals surface area contributed by atoms with E-state index in [0.717, 1.165) is 58.1 Å². The van der Waals surface area contributed by atoms with Crippen LogP contribution in [0.5, 0.6) is 0 Å². The molecular weight excluding hydrogens is 417 g/mol. The first-order valence-electron chi connectivity index (χ1n) is 9.51. The molecule has 2 atom stereocenters. The summed E-state index contributed by atoms with van der Waals surface area (Å²) in [6, 6.07) is 0.522. The maximum absolute atomic E-state index is 5.93. The van der Waals surface area contributed by atoms with Crippen molar-refractivity contribution >= 4 is 29.9 Å². The van der Waals surface area contributed by atoms with Crippen molar-refractivity contribution in [2.45, 2.75) is 71.4 Å². The summed E-state index contributed by atoms with van der Waals surface area (Å²) < 4.78 is 11.3. The normalized spacial score (nSPS) is 24.7. The van der Waals surface area contributed by atoms with Crippen molar-refractivity contribution in [2.75, 3.05) is 32.9 Å². The van der Waals surface area contributed by atoms with E-state index in [1.807, 2.05) is 6.92 Å². The third-order valence-corrected chi connectivity index (χ3v) is 5.26. The molecule has 2 aliphatic rings. The van der Waals surface area contributed by atoms with E-state index in [2.05, 4.69) is 24.5 Å². The van der Waals surface area contributed by atoms with Gasteiger partial charge >= 0.3 is 0 Å². The molecule has 0 aromatic heterocycles. The molecule has 2 N–H and O–H groups in total. The van der Waals surface area contributed by atoms with Gasteiger partial charge in [0.05, 0.1) is 6.10 Å². The molecular formula is C18H36IN3O2. The summed E-state index contributed by atoms with van der Waals surface area (Å²) in [7, 11) is 0. The molecule has 6 heteroatoms. The largest absolute Gasteiger partial charge is 0.382 e. The first-order valence-corrected chi connectivity index (χ1v) is 9.51. The molecule has 0 aromatic rings. The smallest absolute Gasteiger partial charge is 0.191 e. The number of nitrogens with zero attached hydrogens (tertiary/aromatic N) is 1. The first-order chi connectivity index (χ1) is 11.3. The van der Waals surface area contributed by atoms with Gasteiger partial charge in [-0.05, 0) is 52.9 Å². The highest BCUT2D eigenvalue weighted by Gasteiger charge is 2.59. The van der Waals surface area contributed by atoms with Gasteiger partial charge in [-0.1, -0.05) is 6.42 Å². The van der Waals surface area contributed by atoms with Crippen LogP contribution in [0.4, 0.5) is 0 Å². The van der Waals surface area contributed by atoms with Gasteiger partial charge in [0.15, 0.2) is 5.96 Å². The fraction of sp³-hybridized carbons (Fsp3) is 0.944. The number of ether oxygens (including phenoxy) is 2. The summed E-state index contributed by atoms with van der Waals surface area (Å²) in [5.74, 6) is 0.968. The SMILES string of the molecule is CCNC(=NCCCCOCC)NC1CC(OCC)C12CCC2.I. The van der Waals surface area contributed by atoms with Gasteiger partial charge in [0, 0.05) is 44.4 Å². The number of halogens is 1. The molecule has 0 aromatic carbocycles. The number of aliphatic imine (C=N–C) groups is 1. The lowest BCUT2D eigenvalue weighted by atomic mass is 9.51. The van der Waals surface area contributed by atoms with Crippen molar-refractivity contribution in [1.82, 2.24) is 10.6 Å². The molecule has 0 radical (unpaired) electrons. The third kappa shape index (κ3) is 5.46. The lowest BCUT2D eigenvalue weighted by Gasteiger charge is -2.61. The maximum Gasteiger partial charge on any atom is 0.191 e. The second kappa shape index (κ2) is 11.5. The van der Waals surface area contributed by atoms with E-state index in [9.17, 15) is 0 Å². The highest BCUT2D eigenvalue weighted by atomic mass is 127. The van der Waals surface area contributed by atoms with Crippen LogP contribution in [0, 0.1) is 5.41 Å². The van der Waals surface area contributed by atoms with Crippen molar-refractivity contribution in [3.8, 4) is 0 Å². The van der Waals surface area contributed by atoms with Gasteiger partial charge < -0.3 is 20.1 Å². The number of unbranched alkanes of at least 4 members (excludes halogenated alkanes) is 1. The second-order valence-corrected chi connectivity index (χ2v) is 6.63. The standard InChI is InChI=1S/C18H35N3O2.HI/c1-4-19-17(20-12-7-8-13-22-5-2)21-15-14-16(23-6-3)18(15)10-9-11-18;/h15-16H,4-14H2,1-3H3,(H2,19,20,21);1H. The maximum atomic E-state index is 5.93. The van der Waals surface area contributed by atoms with E-state index in [1.165, 1.54) is 19.3 Å². The highest BCUT2D eigenvalue weighted by molar-refractivity contribution is 14.0. The van der Waals surface area contributed by atoms with Crippen LogP contribution in [0.25, 0.3) is 0 Å². The molecule has 2 saturated carbocycles. The van der Waals surface area contributed by atoms with Crippen molar-refractivity contribution in [3.05, 3.63) is 0 Å². The average Bonchev–Trinajstić information content (AvgIpc) is 2.47.